The number of carbonyl (C=O) groups is 1. The second-order valence-corrected chi connectivity index (χ2v) is 5.62. The van der Waals surface area contributed by atoms with Crippen LogP contribution in [0.1, 0.15) is 24.8 Å². The topological polar surface area (TPSA) is 40.5 Å². The van der Waals surface area contributed by atoms with Crippen LogP contribution in [0.5, 0.6) is 0 Å². The van der Waals surface area contributed by atoms with Gasteiger partial charge < -0.3 is 10.0 Å². The smallest absolute Gasteiger partial charge is 0.418 e. The molecule has 110 valence electrons. The van der Waals surface area contributed by atoms with Crippen molar-refractivity contribution in [2.75, 3.05) is 11.4 Å². The third-order valence-corrected chi connectivity index (χ3v) is 3.85. The molecule has 1 unspecified atom stereocenters. The first-order chi connectivity index (χ1) is 9.30. The van der Waals surface area contributed by atoms with E-state index in [1.54, 1.807) is 0 Å². The Kier molecular flexibility index (Phi) is 4.27. The van der Waals surface area contributed by atoms with Crippen molar-refractivity contribution in [3.8, 4) is 0 Å². The van der Waals surface area contributed by atoms with E-state index < -0.39 is 23.8 Å². The summed E-state index contributed by atoms with van der Waals surface area (Å²) < 4.78 is 39.7. The minimum absolute atomic E-state index is 0.0622. The molecule has 0 amide bonds. The summed E-state index contributed by atoms with van der Waals surface area (Å²) in [5.41, 5.74) is -0.868. The lowest BCUT2D eigenvalue weighted by Gasteiger charge is -2.36. The normalized spacial score (nSPS) is 20.0. The molecule has 0 aliphatic carbocycles. The zero-order chi connectivity index (χ0) is 14.9. The molecule has 0 bridgehead atoms. The highest BCUT2D eigenvalue weighted by atomic mass is 79.9. The zero-order valence-corrected chi connectivity index (χ0v) is 12.0. The van der Waals surface area contributed by atoms with Gasteiger partial charge in [0.15, 0.2) is 0 Å². The minimum Gasteiger partial charge on any atom is -0.480 e. The van der Waals surface area contributed by atoms with Crippen LogP contribution < -0.4 is 4.90 Å². The summed E-state index contributed by atoms with van der Waals surface area (Å²) in [7, 11) is 0. The average Bonchev–Trinajstić information content (AvgIpc) is 2.37. The second kappa shape index (κ2) is 5.63. The fraction of sp³-hybridized carbons (Fsp3) is 0.462. The Morgan fingerprint density at radius 3 is 2.65 bits per heavy atom. The molecule has 1 atom stereocenters. The lowest BCUT2D eigenvalue weighted by atomic mass is 9.99. The highest BCUT2D eigenvalue weighted by Crippen LogP contribution is 2.40. The molecular weight excluding hydrogens is 339 g/mol. The minimum atomic E-state index is -4.51. The van der Waals surface area contributed by atoms with Crippen LogP contribution in [0.15, 0.2) is 22.7 Å². The number of carboxylic acid groups (broad SMARTS) is 1. The highest BCUT2D eigenvalue weighted by Gasteiger charge is 2.38. The van der Waals surface area contributed by atoms with Crippen molar-refractivity contribution in [2.45, 2.75) is 31.5 Å². The number of hydrogen-bond acceptors (Lipinski definition) is 2. The van der Waals surface area contributed by atoms with Gasteiger partial charge in [-0.3, -0.25) is 0 Å². The Bertz CT molecular complexity index is 519. The number of hydrogen-bond donors (Lipinski definition) is 1. The Balaban J connectivity index is 2.47. The van der Waals surface area contributed by atoms with E-state index in [1.165, 1.54) is 17.0 Å². The number of alkyl halides is 3. The first kappa shape index (κ1) is 15.2. The number of benzene rings is 1. The average molecular weight is 352 g/mol. The van der Waals surface area contributed by atoms with Gasteiger partial charge >= 0.3 is 12.1 Å². The standard InChI is InChI=1S/C13H13BrF3NO2/c14-8-4-5-10(9(7-8)13(15,16)17)18-6-2-1-3-11(18)12(19)20/h4-5,7,11H,1-3,6H2,(H,19,20). The summed E-state index contributed by atoms with van der Waals surface area (Å²) in [6.07, 6.45) is -2.75. The number of aliphatic carboxylic acids is 1. The molecule has 1 saturated heterocycles. The van der Waals surface area contributed by atoms with E-state index in [4.69, 9.17) is 0 Å². The van der Waals surface area contributed by atoms with Gasteiger partial charge in [0, 0.05) is 16.7 Å². The molecule has 0 radical (unpaired) electrons. The monoisotopic (exact) mass is 351 g/mol. The molecule has 0 aromatic heterocycles. The van der Waals surface area contributed by atoms with Crippen LogP contribution in [0.3, 0.4) is 0 Å². The number of piperidine rings is 1. The SMILES string of the molecule is O=C(O)C1CCCCN1c1ccc(Br)cc1C(F)(F)F. The molecule has 1 heterocycles. The molecule has 1 aromatic carbocycles. The molecule has 7 heteroatoms. The number of anilines is 1. The van der Waals surface area contributed by atoms with Crippen molar-refractivity contribution in [3.63, 3.8) is 0 Å². The van der Waals surface area contributed by atoms with Crippen molar-refractivity contribution in [3.05, 3.63) is 28.2 Å². The first-order valence-corrected chi connectivity index (χ1v) is 6.96. The van der Waals surface area contributed by atoms with Crippen LogP contribution in [-0.2, 0) is 11.0 Å². The van der Waals surface area contributed by atoms with E-state index in [0.717, 1.165) is 6.07 Å². The molecule has 0 saturated carbocycles. The molecule has 20 heavy (non-hydrogen) atoms. The summed E-state index contributed by atoms with van der Waals surface area (Å²) in [6, 6.07) is 2.92. The summed E-state index contributed by atoms with van der Waals surface area (Å²) in [5, 5.41) is 9.19. The fourth-order valence-corrected chi connectivity index (χ4v) is 2.82. The summed E-state index contributed by atoms with van der Waals surface area (Å²) in [5.74, 6) is -1.08. The van der Waals surface area contributed by atoms with Crippen molar-refractivity contribution in [2.24, 2.45) is 0 Å². The molecule has 3 nitrogen and oxygen atoms in total. The van der Waals surface area contributed by atoms with E-state index in [1.807, 2.05) is 0 Å². The van der Waals surface area contributed by atoms with Gasteiger partial charge in [-0.25, -0.2) is 4.79 Å². The van der Waals surface area contributed by atoms with Gasteiger partial charge in [-0.15, -0.1) is 0 Å². The van der Waals surface area contributed by atoms with Crippen LogP contribution in [0.25, 0.3) is 0 Å². The van der Waals surface area contributed by atoms with Crippen molar-refractivity contribution in [1.82, 2.24) is 0 Å². The van der Waals surface area contributed by atoms with Crippen LogP contribution in [0.4, 0.5) is 18.9 Å². The van der Waals surface area contributed by atoms with E-state index in [0.29, 0.717) is 30.3 Å². The zero-order valence-electron chi connectivity index (χ0n) is 10.5. The van der Waals surface area contributed by atoms with Gasteiger partial charge in [-0.1, -0.05) is 15.9 Å². The van der Waals surface area contributed by atoms with E-state index >= 15 is 0 Å². The Morgan fingerprint density at radius 2 is 2.05 bits per heavy atom. The number of nitrogens with zero attached hydrogens (tertiary/aromatic N) is 1. The van der Waals surface area contributed by atoms with E-state index in [9.17, 15) is 23.1 Å². The number of rotatable bonds is 2. The van der Waals surface area contributed by atoms with Crippen molar-refractivity contribution < 1.29 is 23.1 Å². The first-order valence-electron chi connectivity index (χ1n) is 6.17. The third-order valence-electron chi connectivity index (χ3n) is 3.36. The molecule has 1 N–H and O–H groups in total. The van der Waals surface area contributed by atoms with E-state index in [2.05, 4.69) is 15.9 Å². The lowest BCUT2D eigenvalue weighted by Crippen LogP contribution is -2.45. The van der Waals surface area contributed by atoms with Crippen LogP contribution >= 0.6 is 15.9 Å². The van der Waals surface area contributed by atoms with Gasteiger partial charge in [-0.2, -0.15) is 13.2 Å². The van der Waals surface area contributed by atoms with Gasteiger partial charge in [-0.05, 0) is 37.5 Å². The van der Waals surface area contributed by atoms with E-state index in [-0.39, 0.29) is 5.69 Å². The van der Waals surface area contributed by atoms with Crippen LogP contribution in [0.2, 0.25) is 0 Å². The third kappa shape index (κ3) is 3.08. The maximum absolute atomic E-state index is 13.1. The quantitative estimate of drug-likeness (QED) is 0.877. The van der Waals surface area contributed by atoms with Crippen molar-refractivity contribution >= 4 is 27.6 Å². The van der Waals surface area contributed by atoms with Gasteiger partial charge in [0.1, 0.15) is 6.04 Å². The largest absolute Gasteiger partial charge is 0.480 e. The molecule has 1 aliphatic rings. The van der Waals surface area contributed by atoms with Crippen LogP contribution in [-0.4, -0.2) is 23.7 Å². The number of carboxylic acids is 1. The summed E-state index contributed by atoms with van der Waals surface area (Å²) >= 11 is 3.02. The molecule has 1 fully saturated rings. The Hall–Kier alpha value is -1.24. The number of halogens is 4. The maximum atomic E-state index is 13.1. The summed E-state index contributed by atoms with van der Waals surface area (Å²) in [6.45, 7) is 0.321. The van der Waals surface area contributed by atoms with Crippen LogP contribution in [0, 0.1) is 0 Å². The Morgan fingerprint density at radius 1 is 1.35 bits per heavy atom. The fourth-order valence-electron chi connectivity index (χ4n) is 2.46. The molecule has 1 aromatic rings. The van der Waals surface area contributed by atoms with Crippen molar-refractivity contribution in [1.29, 1.82) is 0 Å². The van der Waals surface area contributed by atoms with Gasteiger partial charge in [0.05, 0.1) is 5.56 Å². The molecule has 1 aliphatic heterocycles. The predicted octanol–water partition coefficient (Wildman–Crippen LogP) is 3.91. The van der Waals surface area contributed by atoms with Gasteiger partial charge in [0.25, 0.3) is 0 Å². The lowest BCUT2D eigenvalue weighted by molar-refractivity contribution is -0.140. The Labute approximate surface area is 122 Å². The highest BCUT2D eigenvalue weighted by molar-refractivity contribution is 9.10. The summed E-state index contributed by atoms with van der Waals surface area (Å²) in [4.78, 5) is 12.6. The maximum Gasteiger partial charge on any atom is 0.418 e. The molecular formula is C13H13BrF3NO2. The molecule has 0 spiro atoms. The predicted molar refractivity (Wildman–Crippen MR) is 71.8 cm³/mol. The molecule has 2 rings (SSSR count). The van der Waals surface area contributed by atoms with Gasteiger partial charge in [0.2, 0.25) is 0 Å². The second-order valence-electron chi connectivity index (χ2n) is 4.70.